The lowest BCUT2D eigenvalue weighted by Crippen LogP contribution is -2.30. The molecule has 0 unspecified atom stereocenters. The van der Waals surface area contributed by atoms with Crippen LogP contribution in [0.5, 0.6) is 0 Å². The summed E-state index contributed by atoms with van der Waals surface area (Å²) in [5.41, 5.74) is 10.6. The van der Waals surface area contributed by atoms with Crippen molar-refractivity contribution in [3.8, 4) is 0 Å². The molecule has 3 N–H and O–H groups in total. The molecule has 28 heavy (non-hydrogen) atoms. The molecule has 0 bridgehead atoms. The van der Waals surface area contributed by atoms with Gasteiger partial charge in [-0.15, -0.1) is 0 Å². The van der Waals surface area contributed by atoms with E-state index in [2.05, 4.69) is 10.4 Å². The zero-order valence-corrected chi connectivity index (χ0v) is 16.0. The predicted molar refractivity (Wildman–Crippen MR) is 108 cm³/mol. The molecule has 1 aliphatic rings. The van der Waals surface area contributed by atoms with Gasteiger partial charge in [0.2, 0.25) is 5.91 Å². The van der Waals surface area contributed by atoms with Crippen LogP contribution in [0.4, 0.5) is 17.2 Å². The number of nitrogens with one attached hydrogen (secondary N) is 1. The Hall–Kier alpha value is -3.61. The molecule has 7 heteroatoms. The molecular weight excluding hydrogens is 354 g/mol. The minimum atomic E-state index is -0.503. The van der Waals surface area contributed by atoms with E-state index in [-0.39, 0.29) is 5.91 Å². The van der Waals surface area contributed by atoms with Gasteiger partial charge in [-0.3, -0.25) is 14.3 Å². The number of aromatic nitrogens is 2. The van der Waals surface area contributed by atoms with E-state index in [1.807, 2.05) is 32.2 Å². The summed E-state index contributed by atoms with van der Waals surface area (Å²) in [6, 6.07) is 10.9. The number of anilines is 3. The Morgan fingerprint density at radius 3 is 2.64 bits per heavy atom. The molecule has 4 rings (SSSR count). The van der Waals surface area contributed by atoms with Gasteiger partial charge in [-0.1, -0.05) is 6.07 Å². The van der Waals surface area contributed by atoms with Gasteiger partial charge >= 0.3 is 0 Å². The van der Waals surface area contributed by atoms with Gasteiger partial charge in [0.05, 0.1) is 24.1 Å². The maximum absolute atomic E-state index is 13.4. The Balaban J connectivity index is 1.81. The number of aryl methyl sites for hydroxylation is 3. The second kappa shape index (κ2) is 6.53. The number of nitrogens with two attached hydrogens (primary N) is 1. The molecule has 2 amide bonds. The fourth-order valence-electron chi connectivity index (χ4n) is 3.52. The van der Waals surface area contributed by atoms with E-state index in [9.17, 15) is 9.59 Å². The van der Waals surface area contributed by atoms with E-state index in [0.29, 0.717) is 23.2 Å². The minimum absolute atomic E-state index is 0.149. The Bertz CT molecular complexity index is 1120. The van der Waals surface area contributed by atoms with Crippen molar-refractivity contribution in [3.63, 3.8) is 0 Å². The van der Waals surface area contributed by atoms with Gasteiger partial charge in [-0.25, -0.2) is 0 Å². The topological polar surface area (TPSA) is 93.2 Å². The fourth-order valence-corrected chi connectivity index (χ4v) is 3.52. The van der Waals surface area contributed by atoms with Crippen LogP contribution in [0.3, 0.4) is 0 Å². The number of fused-ring (bicyclic) bond motifs is 2. The van der Waals surface area contributed by atoms with Crippen LogP contribution in [0.15, 0.2) is 42.6 Å². The molecule has 142 valence electrons. The number of benzene rings is 2. The highest BCUT2D eigenvalue weighted by atomic mass is 16.2. The Morgan fingerprint density at radius 1 is 1.14 bits per heavy atom. The molecule has 0 saturated heterocycles. The predicted octanol–water partition coefficient (Wildman–Crippen LogP) is 3.04. The van der Waals surface area contributed by atoms with Crippen molar-refractivity contribution in [2.45, 2.75) is 20.4 Å². The smallest absolute Gasteiger partial charge is 0.258 e. The summed E-state index contributed by atoms with van der Waals surface area (Å²) in [5.74, 6) is 0.210. The quantitative estimate of drug-likeness (QED) is 0.720. The van der Waals surface area contributed by atoms with Gasteiger partial charge in [0.1, 0.15) is 5.82 Å². The second-order valence-corrected chi connectivity index (χ2v) is 7.07. The number of carbonyl (C=O) groups excluding carboxylic acids is 2. The minimum Gasteiger partial charge on any atom is -0.366 e. The zero-order chi connectivity index (χ0) is 20.0. The highest BCUT2D eigenvalue weighted by molar-refractivity contribution is 6.09. The average Bonchev–Trinajstić information content (AvgIpc) is 2.90. The van der Waals surface area contributed by atoms with Crippen molar-refractivity contribution in [1.29, 1.82) is 0 Å². The van der Waals surface area contributed by atoms with E-state index < -0.39 is 5.91 Å². The third kappa shape index (κ3) is 2.90. The van der Waals surface area contributed by atoms with Gasteiger partial charge in [-0.05, 0) is 55.3 Å². The van der Waals surface area contributed by atoms with Crippen LogP contribution < -0.4 is 16.0 Å². The fraction of sp³-hybridized carbons (Fsp3) is 0.190. The van der Waals surface area contributed by atoms with Crippen LogP contribution in [-0.4, -0.2) is 21.6 Å². The lowest BCUT2D eigenvalue weighted by Gasteiger charge is -2.23. The molecule has 7 nitrogen and oxygen atoms in total. The summed E-state index contributed by atoms with van der Waals surface area (Å²) in [7, 11) is 1.86. The molecule has 0 fully saturated rings. The molecule has 2 heterocycles. The summed E-state index contributed by atoms with van der Waals surface area (Å²) in [6.45, 7) is 4.16. The molecular formula is C21H21N5O2. The lowest BCUT2D eigenvalue weighted by molar-refractivity contribution is 0.0978. The van der Waals surface area contributed by atoms with Crippen molar-refractivity contribution < 1.29 is 9.59 Å². The standard InChI is InChI=1S/C21H21N5O2/c1-12-4-7-17-18(8-12)26(11-15-10-23-25(3)20(15)24-17)21(28)14-5-6-16(19(22)27)13(2)9-14/h4-10,24H,11H2,1-3H3,(H2,22,27). The number of hydrogen-bond donors (Lipinski definition) is 2. The van der Waals surface area contributed by atoms with Crippen molar-refractivity contribution in [3.05, 3.63) is 70.4 Å². The number of rotatable bonds is 2. The number of carbonyl (C=O) groups is 2. The Morgan fingerprint density at radius 2 is 1.93 bits per heavy atom. The summed E-state index contributed by atoms with van der Waals surface area (Å²) in [4.78, 5) is 26.7. The lowest BCUT2D eigenvalue weighted by atomic mass is 10.0. The summed E-state index contributed by atoms with van der Waals surface area (Å²) < 4.78 is 1.76. The second-order valence-electron chi connectivity index (χ2n) is 7.07. The molecule has 0 spiro atoms. The normalized spacial score (nSPS) is 12.6. The third-order valence-electron chi connectivity index (χ3n) is 5.02. The Kier molecular flexibility index (Phi) is 4.15. The maximum Gasteiger partial charge on any atom is 0.258 e. The molecule has 1 aliphatic heterocycles. The molecule has 1 aromatic heterocycles. The maximum atomic E-state index is 13.4. The van der Waals surface area contributed by atoms with Crippen LogP contribution in [0.2, 0.25) is 0 Å². The van der Waals surface area contributed by atoms with Crippen LogP contribution in [-0.2, 0) is 13.6 Å². The molecule has 3 aromatic rings. The first-order valence-corrected chi connectivity index (χ1v) is 8.96. The Labute approximate surface area is 162 Å². The summed E-state index contributed by atoms with van der Waals surface area (Å²) in [5, 5.41) is 7.70. The zero-order valence-electron chi connectivity index (χ0n) is 16.0. The van der Waals surface area contributed by atoms with E-state index in [1.165, 1.54) is 0 Å². The largest absolute Gasteiger partial charge is 0.366 e. The van der Waals surface area contributed by atoms with Crippen LogP contribution in [0.25, 0.3) is 0 Å². The molecule has 0 aliphatic carbocycles. The van der Waals surface area contributed by atoms with Crippen molar-refractivity contribution in [1.82, 2.24) is 9.78 Å². The van der Waals surface area contributed by atoms with E-state index in [0.717, 1.165) is 28.3 Å². The van der Waals surface area contributed by atoms with E-state index in [1.54, 1.807) is 40.9 Å². The van der Waals surface area contributed by atoms with E-state index in [4.69, 9.17) is 5.73 Å². The van der Waals surface area contributed by atoms with Gasteiger partial charge < -0.3 is 16.0 Å². The highest BCUT2D eigenvalue weighted by Gasteiger charge is 2.27. The monoisotopic (exact) mass is 375 g/mol. The van der Waals surface area contributed by atoms with Crippen molar-refractivity contribution >= 4 is 29.0 Å². The first-order chi connectivity index (χ1) is 13.3. The van der Waals surface area contributed by atoms with Crippen LogP contribution in [0, 0.1) is 13.8 Å². The molecule has 0 saturated carbocycles. The molecule has 0 radical (unpaired) electrons. The van der Waals surface area contributed by atoms with Gasteiger partial charge in [-0.2, -0.15) is 5.10 Å². The number of nitrogens with zero attached hydrogens (tertiary/aromatic N) is 3. The molecule has 0 atom stereocenters. The summed E-state index contributed by atoms with van der Waals surface area (Å²) in [6.07, 6.45) is 1.77. The number of hydrogen-bond acceptors (Lipinski definition) is 4. The van der Waals surface area contributed by atoms with Gasteiger partial charge in [0.25, 0.3) is 5.91 Å². The summed E-state index contributed by atoms with van der Waals surface area (Å²) >= 11 is 0. The van der Waals surface area contributed by atoms with Crippen LogP contribution >= 0.6 is 0 Å². The van der Waals surface area contributed by atoms with Gasteiger partial charge in [0, 0.05) is 23.7 Å². The highest BCUT2D eigenvalue weighted by Crippen LogP contribution is 2.37. The third-order valence-corrected chi connectivity index (χ3v) is 5.02. The average molecular weight is 375 g/mol. The first kappa shape index (κ1) is 17.8. The van der Waals surface area contributed by atoms with Crippen LogP contribution in [0.1, 0.15) is 37.4 Å². The van der Waals surface area contributed by atoms with Gasteiger partial charge in [0.15, 0.2) is 0 Å². The number of amides is 2. The number of primary amides is 1. The van der Waals surface area contributed by atoms with E-state index >= 15 is 0 Å². The molecule has 2 aromatic carbocycles. The van der Waals surface area contributed by atoms with Crippen molar-refractivity contribution in [2.75, 3.05) is 10.2 Å². The SMILES string of the molecule is Cc1ccc2c(c1)N(C(=O)c1ccc(C(N)=O)c(C)c1)Cc1cnn(C)c1N2. The first-order valence-electron chi connectivity index (χ1n) is 8.96. The van der Waals surface area contributed by atoms with Crippen molar-refractivity contribution in [2.24, 2.45) is 12.8 Å².